The van der Waals surface area contributed by atoms with E-state index in [4.69, 9.17) is 18.9 Å². The van der Waals surface area contributed by atoms with Crippen LogP contribution in [0, 0.1) is 0 Å². The van der Waals surface area contributed by atoms with Gasteiger partial charge in [-0.15, -0.1) is 0 Å². The molecule has 0 radical (unpaired) electrons. The summed E-state index contributed by atoms with van der Waals surface area (Å²) in [5, 5.41) is 2.59. The average molecular weight is 458 g/mol. The topological polar surface area (TPSA) is 83.1 Å². The Bertz CT molecular complexity index is 914. The lowest BCUT2D eigenvalue weighted by atomic mass is 10.1. The van der Waals surface area contributed by atoms with Crippen molar-refractivity contribution in [3.05, 3.63) is 60.2 Å². The number of rotatable bonds is 8. The van der Waals surface area contributed by atoms with Gasteiger partial charge >= 0.3 is 12.1 Å². The summed E-state index contributed by atoms with van der Waals surface area (Å²) in [6.45, 7) is 12.6. The molecule has 2 aromatic rings. The molecule has 0 aliphatic carbocycles. The molecule has 2 rings (SSSR count). The second-order valence-corrected chi connectivity index (χ2v) is 9.73. The zero-order valence-corrected chi connectivity index (χ0v) is 20.5. The van der Waals surface area contributed by atoms with Gasteiger partial charge in [-0.3, -0.25) is 0 Å². The maximum atomic E-state index is 12.8. The molecule has 2 atom stereocenters. The number of nitrogens with one attached hydrogen (secondary N) is 1. The molecule has 0 saturated carbocycles. The van der Waals surface area contributed by atoms with Crippen molar-refractivity contribution in [3.8, 4) is 11.5 Å². The van der Waals surface area contributed by atoms with E-state index in [2.05, 4.69) is 5.32 Å². The van der Waals surface area contributed by atoms with Crippen LogP contribution in [0.25, 0.3) is 0 Å². The second-order valence-electron chi connectivity index (χ2n) is 9.73. The number of alkyl carbamates (subject to hydrolysis) is 1. The first-order chi connectivity index (χ1) is 15.3. The minimum atomic E-state index is -1.08. The highest BCUT2D eigenvalue weighted by Crippen LogP contribution is 2.23. The van der Waals surface area contributed by atoms with Gasteiger partial charge in [0, 0.05) is 6.07 Å². The van der Waals surface area contributed by atoms with E-state index in [0.29, 0.717) is 18.1 Å². The molecule has 0 fully saturated rings. The lowest BCUT2D eigenvalue weighted by Gasteiger charge is -2.29. The summed E-state index contributed by atoms with van der Waals surface area (Å²) >= 11 is 0. The van der Waals surface area contributed by atoms with E-state index in [0.717, 1.165) is 5.56 Å². The molecular weight excluding hydrogens is 422 g/mol. The monoisotopic (exact) mass is 457 g/mol. The first kappa shape index (κ1) is 26.0. The van der Waals surface area contributed by atoms with Crippen molar-refractivity contribution in [1.82, 2.24) is 5.32 Å². The molecule has 33 heavy (non-hydrogen) atoms. The molecule has 2 aromatic carbocycles. The first-order valence-electron chi connectivity index (χ1n) is 11.0. The lowest BCUT2D eigenvalue weighted by molar-refractivity contribution is -0.159. The van der Waals surface area contributed by atoms with Crippen LogP contribution >= 0.6 is 0 Å². The molecule has 0 spiro atoms. The third kappa shape index (κ3) is 9.85. The summed E-state index contributed by atoms with van der Waals surface area (Å²) in [4.78, 5) is 25.2. The highest BCUT2D eigenvalue weighted by Gasteiger charge is 2.34. The standard InChI is InChI=1S/C26H35NO6/c1-18(22(23(28)32-25(2,3)4)27-24(29)33-26(5,6)7)31-21-15-11-14-20(16-21)30-17-19-12-9-8-10-13-19/h8-16,18,22H,17H2,1-7H3,(H,27,29)/t18?,22-/m0/s1. The minimum absolute atomic E-state index is 0.417. The van der Waals surface area contributed by atoms with Gasteiger partial charge in [-0.2, -0.15) is 0 Å². The van der Waals surface area contributed by atoms with Crippen molar-refractivity contribution < 1.29 is 28.5 Å². The molecule has 0 bridgehead atoms. The van der Waals surface area contributed by atoms with E-state index < -0.39 is 35.4 Å². The zero-order chi connectivity index (χ0) is 24.6. The van der Waals surface area contributed by atoms with Gasteiger partial charge in [0.05, 0.1) is 0 Å². The number of carbonyl (C=O) groups excluding carboxylic acids is 2. The van der Waals surface area contributed by atoms with Crippen LogP contribution in [0.1, 0.15) is 54.0 Å². The zero-order valence-electron chi connectivity index (χ0n) is 20.5. The van der Waals surface area contributed by atoms with Crippen molar-refractivity contribution in [2.75, 3.05) is 0 Å². The maximum Gasteiger partial charge on any atom is 0.408 e. The van der Waals surface area contributed by atoms with E-state index in [9.17, 15) is 9.59 Å². The van der Waals surface area contributed by atoms with Crippen LogP contribution in [0.4, 0.5) is 4.79 Å². The van der Waals surface area contributed by atoms with E-state index >= 15 is 0 Å². The van der Waals surface area contributed by atoms with Crippen LogP contribution in [0.2, 0.25) is 0 Å². The molecule has 1 unspecified atom stereocenters. The van der Waals surface area contributed by atoms with Crippen LogP contribution < -0.4 is 14.8 Å². The number of benzene rings is 2. The minimum Gasteiger partial charge on any atom is -0.489 e. The molecule has 0 aliphatic rings. The smallest absolute Gasteiger partial charge is 0.408 e. The Labute approximate surface area is 196 Å². The molecule has 0 saturated heterocycles. The van der Waals surface area contributed by atoms with Gasteiger partial charge in [-0.25, -0.2) is 9.59 Å². The number of hydrogen-bond donors (Lipinski definition) is 1. The maximum absolute atomic E-state index is 12.8. The van der Waals surface area contributed by atoms with E-state index in [-0.39, 0.29) is 0 Å². The molecule has 1 amide bonds. The molecule has 1 N–H and O–H groups in total. The molecular formula is C26H35NO6. The van der Waals surface area contributed by atoms with Crippen molar-refractivity contribution in [1.29, 1.82) is 0 Å². The molecule has 0 aromatic heterocycles. The number of carbonyl (C=O) groups is 2. The molecule has 7 heteroatoms. The third-order valence-corrected chi connectivity index (χ3v) is 4.18. The fraction of sp³-hybridized carbons (Fsp3) is 0.462. The van der Waals surface area contributed by atoms with Crippen molar-refractivity contribution in [2.24, 2.45) is 0 Å². The van der Waals surface area contributed by atoms with Crippen LogP contribution in [-0.4, -0.2) is 35.4 Å². The molecule has 0 aliphatic heterocycles. The van der Waals surface area contributed by atoms with Gasteiger partial charge in [0.25, 0.3) is 0 Å². The van der Waals surface area contributed by atoms with Crippen LogP contribution in [-0.2, 0) is 20.9 Å². The molecule has 7 nitrogen and oxygen atoms in total. The number of esters is 1. The predicted molar refractivity (Wildman–Crippen MR) is 126 cm³/mol. The second kappa shape index (κ2) is 11.1. The predicted octanol–water partition coefficient (Wildman–Crippen LogP) is 5.27. The van der Waals surface area contributed by atoms with Crippen molar-refractivity contribution in [3.63, 3.8) is 0 Å². The average Bonchev–Trinajstić information content (AvgIpc) is 2.69. The van der Waals surface area contributed by atoms with Gasteiger partial charge in [0.15, 0.2) is 6.04 Å². The number of amides is 1. The van der Waals surface area contributed by atoms with Gasteiger partial charge in [-0.05, 0) is 66.2 Å². The summed E-state index contributed by atoms with van der Waals surface area (Å²) in [6.07, 6.45) is -1.47. The summed E-state index contributed by atoms with van der Waals surface area (Å²) in [5.74, 6) is 0.502. The van der Waals surface area contributed by atoms with Gasteiger partial charge in [0.2, 0.25) is 0 Å². The van der Waals surface area contributed by atoms with Crippen LogP contribution in [0.5, 0.6) is 11.5 Å². The van der Waals surface area contributed by atoms with Crippen molar-refractivity contribution in [2.45, 2.75) is 78.4 Å². The van der Waals surface area contributed by atoms with E-state index in [1.807, 2.05) is 36.4 Å². The van der Waals surface area contributed by atoms with Crippen molar-refractivity contribution >= 4 is 12.1 Å². The first-order valence-corrected chi connectivity index (χ1v) is 11.0. The fourth-order valence-electron chi connectivity index (χ4n) is 2.83. The quantitative estimate of drug-likeness (QED) is 0.544. The Hall–Kier alpha value is -3.22. The van der Waals surface area contributed by atoms with Gasteiger partial charge < -0.3 is 24.3 Å². The third-order valence-electron chi connectivity index (χ3n) is 4.18. The summed E-state index contributed by atoms with van der Waals surface area (Å²) < 4.78 is 22.6. The SMILES string of the molecule is CC(Oc1cccc(OCc2ccccc2)c1)[C@H](NC(=O)OC(C)(C)C)C(=O)OC(C)(C)C. The summed E-state index contributed by atoms with van der Waals surface area (Å²) in [7, 11) is 0. The largest absolute Gasteiger partial charge is 0.489 e. The number of hydrogen-bond acceptors (Lipinski definition) is 6. The van der Waals surface area contributed by atoms with Gasteiger partial charge in [0.1, 0.15) is 35.4 Å². The Morgan fingerprint density at radius 2 is 1.45 bits per heavy atom. The number of ether oxygens (including phenoxy) is 4. The molecule has 180 valence electrons. The normalized spacial score (nSPS) is 13.4. The highest BCUT2D eigenvalue weighted by atomic mass is 16.6. The molecule has 0 heterocycles. The highest BCUT2D eigenvalue weighted by molar-refractivity contribution is 5.82. The lowest BCUT2D eigenvalue weighted by Crippen LogP contribution is -2.52. The Kier molecular flexibility index (Phi) is 8.74. The van der Waals surface area contributed by atoms with Gasteiger partial charge in [-0.1, -0.05) is 36.4 Å². The van der Waals surface area contributed by atoms with E-state index in [1.54, 1.807) is 66.7 Å². The summed E-state index contributed by atoms with van der Waals surface area (Å²) in [6, 6.07) is 15.9. The summed E-state index contributed by atoms with van der Waals surface area (Å²) in [5.41, 5.74) is -0.392. The Morgan fingerprint density at radius 1 is 0.848 bits per heavy atom. The fourth-order valence-corrected chi connectivity index (χ4v) is 2.83. The van der Waals surface area contributed by atoms with Crippen LogP contribution in [0.3, 0.4) is 0 Å². The Morgan fingerprint density at radius 3 is 2.06 bits per heavy atom. The van der Waals surface area contributed by atoms with E-state index in [1.165, 1.54) is 0 Å². The van der Waals surface area contributed by atoms with Crippen LogP contribution in [0.15, 0.2) is 54.6 Å². The Balaban J connectivity index is 2.10.